The maximum atomic E-state index is 5.93. The fourth-order valence-electron chi connectivity index (χ4n) is 3.14. The number of aromatic nitrogens is 2. The van der Waals surface area contributed by atoms with E-state index in [0.717, 1.165) is 42.4 Å². The van der Waals surface area contributed by atoms with E-state index in [9.17, 15) is 0 Å². The molecule has 0 bridgehead atoms. The molecule has 0 spiro atoms. The summed E-state index contributed by atoms with van der Waals surface area (Å²) in [7, 11) is 1.65. The molecular weight excluding hydrogens is 338 g/mol. The molecule has 0 radical (unpaired) electrons. The number of piperidine rings is 1. The van der Waals surface area contributed by atoms with Crippen molar-refractivity contribution < 1.29 is 9.47 Å². The number of nitrogens with zero attached hydrogens (tertiary/aromatic N) is 2. The molecule has 134 valence electrons. The predicted octanol–water partition coefficient (Wildman–Crippen LogP) is 3.96. The highest BCUT2D eigenvalue weighted by molar-refractivity contribution is 6.29. The molecule has 3 rings (SSSR count). The van der Waals surface area contributed by atoms with E-state index in [1.54, 1.807) is 13.2 Å². The molecule has 0 aliphatic carbocycles. The predicted molar refractivity (Wildman–Crippen MR) is 99.4 cm³/mol. The van der Waals surface area contributed by atoms with Crippen molar-refractivity contribution in [3.8, 4) is 22.8 Å². The Morgan fingerprint density at radius 1 is 1.20 bits per heavy atom. The SMILES string of the molecule is COc1cc(-c2ccc(Cl)nn2)ccc1OCCCC1CCCNC1. The summed E-state index contributed by atoms with van der Waals surface area (Å²) >= 11 is 5.79. The van der Waals surface area contributed by atoms with Crippen LogP contribution < -0.4 is 14.8 Å². The normalized spacial score (nSPS) is 17.3. The van der Waals surface area contributed by atoms with Crippen LogP contribution in [0.1, 0.15) is 25.7 Å². The minimum atomic E-state index is 0.379. The van der Waals surface area contributed by atoms with Gasteiger partial charge in [0.25, 0.3) is 0 Å². The molecule has 1 aromatic carbocycles. The third-order valence-corrected chi connectivity index (χ3v) is 4.71. The van der Waals surface area contributed by atoms with Gasteiger partial charge in [-0.2, -0.15) is 0 Å². The lowest BCUT2D eigenvalue weighted by atomic mass is 9.95. The second-order valence-electron chi connectivity index (χ2n) is 6.31. The number of hydrogen-bond donors (Lipinski definition) is 1. The molecule has 1 fully saturated rings. The summed E-state index contributed by atoms with van der Waals surface area (Å²) in [6.45, 7) is 3.00. The van der Waals surface area contributed by atoms with E-state index in [0.29, 0.717) is 17.5 Å². The number of rotatable bonds is 7. The zero-order valence-electron chi connectivity index (χ0n) is 14.5. The van der Waals surface area contributed by atoms with Crippen LogP contribution in [0.25, 0.3) is 11.3 Å². The lowest BCUT2D eigenvalue weighted by molar-refractivity contribution is 0.264. The van der Waals surface area contributed by atoms with Crippen LogP contribution >= 0.6 is 11.6 Å². The average Bonchev–Trinajstić information content (AvgIpc) is 2.67. The second-order valence-corrected chi connectivity index (χ2v) is 6.70. The van der Waals surface area contributed by atoms with Crippen molar-refractivity contribution in [3.63, 3.8) is 0 Å². The van der Waals surface area contributed by atoms with E-state index >= 15 is 0 Å². The Kier molecular flexibility index (Phi) is 6.48. The lowest BCUT2D eigenvalue weighted by Crippen LogP contribution is -2.29. The molecule has 1 aliphatic rings. The molecule has 1 saturated heterocycles. The second kappa shape index (κ2) is 9.02. The van der Waals surface area contributed by atoms with E-state index in [-0.39, 0.29) is 0 Å². The summed E-state index contributed by atoms with van der Waals surface area (Å²) in [6.07, 6.45) is 4.87. The molecule has 1 aromatic heterocycles. The number of hydrogen-bond acceptors (Lipinski definition) is 5. The van der Waals surface area contributed by atoms with E-state index in [1.165, 1.54) is 19.3 Å². The van der Waals surface area contributed by atoms with Gasteiger partial charge >= 0.3 is 0 Å². The maximum Gasteiger partial charge on any atom is 0.161 e. The Morgan fingerprint density at radius 2 is 2.12 bits per heavy atom. The highest BCUT2D eigenvalue weighted by Crippen LogP contribution is 2.32. The number of ether oxygens (including phenoxy) is 2. The largest absolute Gasteiger partial charge is 0.493 e. The highest BCUT2D eigenvalue weighted by atomic mass is 35.5. The number of nitrogens with one attached hydrogen (secondary N) is 1. The molecular formula is C19H24ClN3O2. The van der Waals surface area contributed by atoms with Crippen molar-refractivity contribution in [3.05, 3.63) is 35.5 Å². The van der Waals surface area contributed by atoms with Gasteiger partial charge in [0.05, 0.1) is 19.4 Å². The molecule has 0 saturated carbocycles. The Labute approximate surface area is 153 Å². The molecule has 1 unspecified atom stereocenters. The Balaban J connectivity index is 1.57. The van der Waals surface area contributed by atoms with Crippen molar-refractivity contribution in [1.82, 2.24) is 15.5 Å². The number of benzene rings is 1. The van der Waals surface area contributed by atoms with E-state index in [4.69, 9.17) is 21.1 Å². The quantitative estimate of drug-likeness (QED) is 0.756. The van der Waals surface area contributed by atoms with Crippen molar-refractivity contribution in [2.75, 3.05) is 26.8 Å². The third kappa shape index (κ3) is 5.06. The molecule has 0 amide bonds. The van der Waals surface area contributed by atoms with Crippen LogP contribution in [0.2, 0.25) is 5.15 Å². The summed E-state index contributed by atoms with van der Waals surface area (Å²) in [5.74, 6) is 2.24. The standard InChI is InChI=1S/C19H24ClN3O2/c1-24-18-12-15(16-7-9-19(20)23-22-16)6-8-17(18)25-11-3-5-14-4-2-10-21-13-14/h6-9,12,14,21H,2-5,10-11,13H2,1H3. The average molecular weight is 362 g/mol. The Bertz CT molecular complexity index is 673. The monoisotopic (exact) mass is 361 g/mol. The van der Waals surface area contributed by atoms with Crippen LogP contribution in [-0.2, 0) is 0 Å². The number of halogens is 1. The van der Waals surface area contributed by atoms with Gasteiger partial charge in [0.1, 0.15) is 0 Å². The topological polar surface area (TPSA) is 56.3 Å². The van der Waals surface area contributed by atoms with Crippen LogP contribution in [-0.4, -0.2) is 37.0 Å². The first-order valence-electron chi connectivity index (χ1n) is 8.77. The van der Waals surface area contributed by atoms with Crippen molar-refractivity contribution >= 4 is 11.6 Å². The Hall–Kier alpha value is -1.85. The van der Waals surface area contributed by atoms with Gasteiger partial charge in [-0.05, 0) is 75.0 Å². The summed E-state index contributed by atoms with van der Waals surface area (Å²) in [6, 6.07) is 9.36. The smallest absolute Gasteiger partial charge is 0.161 e. The lowest BCUT2D eigenvalue weighted by Gasteiger charge is -2.22. The fraction of sp³-hybridized carbons (Fsp3) is 0.474. The van der Waals surface area contributed by atoms with Gasteiger partial charge in [-0.15, -0.1) is 10.2 Å². The zero-order valence-corrected chi connectivity index (χ0v) is 15.3. The first-order valence-corrected chi connectivity index (χ1v) is 9.15. The molecule has 1 aliphatic heterocycles. The van der Waals surface area contributed by atoms with Crippen LogP contribution in [0, 0.1) is 5.92 Å². The van der Waals surface area contributed by atoms with Gasteiger partial charge in [0, 0.05) is 5.56 Å². The van der Waals surface area contributed by atoms with Crippen LogP contribution in [0.15, 0.2) is 30.3 Å². The van der Waals surface area contributed by atoms with Crippen molar-refractivity contribution in [2.45, 2.75) is 25.7 Å². The maximum absolute atomic E-state index is 5.93. The van der Waals surface area contributed by atoms with Crippen molar-refractivity contribution in [1.29, 1.82) is 0 Å². The summed E-state index contributed by atoms with van der Waals surface area (Å²) in [4.78, 5) is 0. The van der Waals surface area contributed by atoms with Gasteiger partial charge in [0.15, 0.2) is 16.7 Å². The molecule has 6 heteroatoms. The van der Waals surface area contributed by atoms with Gasteiger partial charge in [-0.1, -0.05) is 11.6 Å². The number of methoxy groups -OCH3 is 1. The first kappa shape index (κ1) is 18.0. The molecule has 1 N–H and O–H groups in total. The molecule has 2 aromatic rings. The molecule has 5 nitrogen and oxygen atoms in total. The van der Waals surface area contributed by atoms with Gasteiger partial charge in [-0.3, -0.25) is 0 Å². The third-order valence-electron chi connectivity index (χ3n) is 4.50. The van der Waals surface area contributed by atoms with Crippen molar-refractivity contribution in [2.24, 2.45) is 5.92 Å². The zero-order chi connectivity index (χ0) is 17.5. The first-order chi connectivity index (χ1) is 12.3. The van der Waals surface area contributed by atoms with Crippen LogP contribution in [0.3, 0.4) is 0 Å². The van der Waals surface area contributed by atoms with E-state index in [2.05, 4.69) is 15.5 Å². The summed E-state index contributed by atoms with van der Waals surface area (Å²) in [5.41, 5.74) is 1.67. The van der Waals surface area contributed by atoms with E-state index in [1.807, 2.05) is 24.3 Å². The van der Waals surface area contributed by atoms with Gasteiger partial charge < -0.3 is 14.8 Å². The minimum Gasteiger partial charge on any atom is -0.493 e. The highest BCUT2D eigenvalue weighted by Gasteiger charge is 2.13. The van der Waals surface area contributed by atoms with E-state index < -0.39 is 0 Å². The Morgan fingerprint density at radius 3 is 2.84 bits per heavy atom. The van der Waals surface area contributed by atoms with Crippen LogP contribution in [0.4, 0.5) is 0 Å². The minimum absolute atomic E-state index is 0.379. The van der Waals surface area contributed by atoms with Gasteiger partial charge in [0.2, 0.25) is 0 Å². The summed E-state index contributed by atoms with van der Waals surface area (Å²) in [5, 5.41) is 11.8. The molecule has 1 atom stereocenters. The fourth-order valence-corrected chi connectivity index (χ4v) is 3.24. The van der Waals surface area contributed by atoms with Crippen LogP contribution in [0.5, 0.6) is 11.5 Å². The summed E-state index contributed by atoms with van der Waals surface area (Å²) < 4.78 is 11.4. The molecule has 2 heterocycles. The molecule has 25 heavy (non-hydrogen) atoms. The van der Waals surface area contributed by atoms with Gasteiger partial charge in [-0.25, -0.2) is 0 Å².